The van der Waals surface area contributed by atoms with Crippen LogP contribution in [0.25, 0.3) is 0 Å². The molecule has 1 atom stereocenters. The fourth-order valence-electron chi connectivity index (χ4n) is 4.33. The number of halogens is 1. The maximum atomic E-state index is 14.3. The number of likely N-dealkylation sites (tertiary alicyclic amines) is 1. The Morgan fingerprint density at radius 2 is 1.97 bits per heavy atom. The first-order valence-electron chi connectivity index (χ1n) is 10.9. The van der Waals surface area contributed by atoms with Crippen LogP contribution >= 0.6 is 11.3 Å². The number of nitrogens with one attached hydrogen (secondary N) is 1. The molecule has 0 saturated carbocycles. The van der Waals surface area contributed by atoms with Crippen molar-refractivity contribution in [3.8, 4) is 5.75 Å². The van der Waals surface area contributed by atoms with Crippen molar-refractivity contribution in [2.75, 3.05) is 18.4 Å². The SMILES string of the molecule is O=C(Nc1ccccc1)C1CCN(Cc2cc(F)cc3c2OC(c2ccsc2)OC3)CC1. The van der Waals surface area contributed by atoms with Crippen LogP contribution in [0.2, 0.25) is 0 Å². The maximum Gasteiger partial charge on any atom is 0.227 e. The van der Waals surface area contributed by atoms with Crippen molar-refractivity contribution in [2.45, 2.75) is 32.3 Å². The number of rotatable bonds is 5. The highest BCUT2D eigenvalue weighted by atomic mass is 32.1. The molecule has 7 heteroatoms. The van der Waals surface area contributed by atoms with Crippen molar-refractivity contribution < 1.29 is 18.7 Å². The summed E-state index contributed by atoms with van der Waals surface area (Å²) in [6.45, 7) is 2.47. The van der Waals surface area contributed by atoms with Crippen LogP contribution in [0.1, 0.15) is 35.8 Å². The summed E-state index contributed by atoms with van der Waals surface area (Å²) in [7, 11) is 0. The number of carbonyl (C=O) groups is 1. The predicted octanol–water partition coefficient (Wildman–Crippen LogP) is 5.35. The summed E-state index contributed by atoms with van der Waals surface area (Å²) >= 11 is 1.59. The van der Waals surface area contributed by atoms with Crippen LogP contribution in [0, 0.1) is 11.7 Å². The normalized spacial score (nSPS) is 19.2. The summed E-state index contributed by atoms with van der Waals surface area (Å²) in [5, 5.41) is 6.99. The lowest BCUT2D eigenvalue weighted by atomic mass is 9.95. The highest BCUT2D eigenvalue weighted by Gasteiger charge is 2.29. The van der Waals surface area contributed by atoms with Crippen LogP contribution in [-0.2, 0) is 22.7 Å². The molecule has 32 heavy (non-hydrogen) atoms. The highest BCUT2D eigenvalue weighted by Crippen LogP contribution is 2.38. The third-order valence-corrected chi connectivity index (χ3v) is 6.73. The zero-order valence-corrected chi connectivity index (χ0v) is 18.4. The second-order valence-corrected chi connectivity index (χ2v) is 9.06. The summed E-state index contributed by atoms with van der Waals surface area (Å²) in [6, 6.07) is 14.6. The molecule has 2 aliphatic heterocycles. The summed E-state index contributed by atoms with van der Waals surface area (Å²) in [5.74, 6) is 0.494. The van der Waals surface area contributed by atoms with Gasteiger partial charge < -0.3 is 14.8 Å². The molecule has 0 spiro atoms. The minimum absolute atomic E-state index is 0.0134. The molecule has 3 aromatic rings. The molecular weight excluding hydrogens is 427 g/mol. The second kappa shape index (κ2) is 9.40. The quantitative estimate of drug-likeness (QED) is 0.567. The van der Waals surface area contributed by atoms with Gasteiger partial charge in [-0.1, -0.05) is 18.2 Å². The van der Waals surface area contributed by atoms with E-state index >= 15 is 0 Å². The van der Waals surface area contributed by atoms with Gasteiger partial charge in [-0.15, -0.1) is 0 Å². The largest absolute Gasteiger partial charge is 0.460 e. The van der Waals surface area contributed by atoms with Crippen molar-refractivity contribution in [3.05, 3.63) is 81.8 Å². The van der Waals surface area contributed by atoms with Gasteiger partial charge in [0.25, 0.3) is 0 Å². The molecule has 1 unspecified atom stereocenters. The number of thiophene rings is 1. The molecule has 5 rings (SSSR count). The Labute approximate surface area is 190 Å². The van der Waals surface area contributed by atoms with Gasteiger partial charge in [0.05, 0.1) is 6.61 Å². The first-order chi connectivity index (χ1) is 15.7. The number of fused-ring (bicyclic) bond motifs is 1. The van der Waals surface area contributed by atoms with Crippen molar-refractivity contribution in [1.82, 2.24) is 4.90 Å². The Hall–Kier alpha value is -2.74. The lowest BCUT2D eigenvalue weighted by Gasteiger charge is -2.33. The number of amides is 1. The molecule has 2 aliphatic rings. The van der Waals surface area contributed by atoms with E-state index in [-0.39, 0.29) is 17.6 Å². The van der Waals surface area contributed by atoms with Crippen molar-refractivity contribution in [2.24, 2.45) is 5.92 Å². The van der Waals surface area contributed by atoms with E-state index in [2.05, 4.69) is 10.2 Å². The van der Waals surface area contributed by atoms with E-state index in [0.717, 1.165) is 54.1 Å². The topological polar surface area (TPSA) is 50.8 Å². The van der Waals surface area contributed by atoms with E-state index in [1.165, 1.54) is 6.07 Å². The van der Waals surface area contributed by atoms with E-state index in [1.54, 1.807) is 17.4 Å². The molecular formula is C25H25FN2O3S. The average Bonchev–Trinajstić information content (AvgIpc) is 3.35. The lowest BCUT2D eigenvalue weighted by molar-refractivity contribution is -0.121. The number of hydrogen-bond acceptors (Lipinski definition) is 5. The van der Waals surface area contributed by atoms with Gasteiger partial charge in [0.1, 0.15) is 11.6 Å². The molecule has 1 fully saturated rings. The number of carbonyl (C=O) groups excluding carboxylic acids is 1. The number of anilines is 1. The van der Waals surface area contributed by atoms with Crippen LogP contribution in [-0.4, -0.2) is 23.9 Å². The Bertz CT molecular complexity index is 1070. The van der Waals surface area contributed by atoms with E-state index in [1.807, 2.05) is 47.2 Å². The van der Waals surface area contributed by atoms with Gasteiger partial charge in [0.15, 0.2) is 0 Å². The lowest BCUT2D eigenvalue weighted by Crippen LogP contribution is -2.38. The third kappa shape index (κ3) is 4.70. The van der Waals surface area contributed by atoms with Crippen LogP contribution in [0.4, 0.5) is 10.1 Å². The number of hydrogen-bond donors (Lipinski definition) is 1. The molecule has 1 aromatic heterocycles. The van der Waals surface area contributed by atoms with Gasteiger partial charge in [-0.25, -0.2) is 4.39 Å². The van der Waals surface area contributed by atoms with Gasteiger partial charge in [0, 0.05) is 40.2 Å². The molecule has 0 bridgehead atoms. The molecule has 1 N–H and O–H groups in total. The Balaban J connectivity index is 1.23. The fraction of sp³-hybridized carbons (Fsp3) is 0.320. The zero-order chi connectivity index (χ0) is 21.9. The standard InChI is InChI=1S/C25H25FN2O3S/c26-21-12-19(23-20(13-21)15-30-25(31-23)18-8-11-32-16-18)14-28-9-6-17(7-10-28)24(29)27-22-4-2-1-3-5-22/h1-5,8,11-13,16-17,25H,6-7,9-10,14-15H2,(H,27,29). The van der Waals surface area contributed by atoms with E-state index < -0.39 is 6.29 Å². The minimum atomic E-state index is -0.467. The number of para-hydroxylation sites is 1. The number of benzene rings is 2. The molecule has 166 valence electrons. The number of nitrogens with zero attached hydrogens (tertiary/aromatic N) is 1. The fourth-order valence-corrected chi connectivity index (χ4v) is 4.99. The minimum Gasteiger partial charge on any atom is -0.460 e. The van der Waals surface area contributed by atoms with E-state index in [9.17, 15) is 9.18 Å². The van der Waals surface area contributed by atoms with Crippen molar-refractivity contribution in [3.63, 3.8) is 0 Å². The zero-order valence-electron chi connectivity index (χ0n) is 17.6. The van der Waals surface area contributed by atoms with Gasteiger partial charge >= 0.3 is 0 Å². The van der Waals surface area contributed by atoms with Crippen molar-refractivity contribution >= 4 is 22.9 Å². The van der Waals surface area contributed by atoms with Gasteiger partial charge in [-0.3, -0.25) is 9.69 Å². The summed E-state index contributed by atoms with van der Waals surface area (Å²) < 4.78 is 26.2. The molecule has 0 aliphatic carbocycles. The van der Waals surface area contributed by atoms with Crippen LogP contribution < -0.4 is 10.1 Å². The van der Waals surface area contributed by atoms with Gasteiger partial charge in [-0.05, 0) is 61.6 Å². The highest BCUT2D eigenvalue weighted by molar-refractivity contribution is 7.07. The monoisotopic (exact) mass is 452 g/mol. The predicted molar refractivity (Wildman–Crippen MR) is 122 cm³/mol. The van der Waals surface area contributed by atoms with Crippen LogP contribution in [0.5, 0.6) is 5.75 Å². The number of piperidine rings is 1. The van der Waals surface area contributed by atoms with Crippen LogP contribution in [0.15, 0.2) is 59.3 Å². The Morgan fingerprint density at radius 1 is 1.16 bits per heavy atom. The first-order valence-corrected chi connectivity index (χ1v) is 11.8. The Morgan fingerprint density at radius 3 is 2.72 bits per heavy atom. The first kappa shape index (κ1) is 21.1. The van der Waals surface area contributed by atoms with E-state index in [0.29, 0.717) is 13.2 Å². The smallest absolute Gasteiger partial charge is 0.227 e. The van der Waals surface area contributed by atoms with E-state index in [4.69, 9.17) is 9.47 Å². The third-order valence-electron chi connectivity index (χ3n) is 6.03. The molecule has 5 nitrogen and oxygen atoms in total. The number of ether oxygens (including phenoxy) is 2. The maximum absolute atomic E-state index is 14.3. The Kier molecular flexibility index (Phi) is 6.21. The molecule has 1 saturated heterocycles. The molecule has 1 amide bonds. The summed E-state index contributed by atoms with van der Waals surface area (Å²) in [6.07, 6.45) is 1.08. The van der Waals surface area contributed by atoms with Gasteiger partial charge in [-0.2, -0.15) is 11.3 Å². The summed E-state index contributed by atoms with van der Waals surface area (Å²) in [4.78, 5) is 14.9. The molecule has 3 heterocycles. The summed E-state index contributed by atoms with van der Waals surface area (Å²) in [5.41, 5.74) is 3.37. The van der Waals surface area contributed by atoms with Gasteiger partial charge in [0.2, 0.25) is 12.2 Å². The second-order valence-electron chi connectivity index (χ2n) is 8.28. The average molecular weight is 453 g/mol. The molecule has 2 aromatic carbocycles. The van der Waals surface area contributed by atoms with Crippen molar-refractivity contribution in [1.29, 1.82) is 0 Å². The molecule has 0 radical (unpaired) electrons. The van der Waals surface area contributed by atoms with Crippen LogP contribution in [0.3, 0.4) is 0 Å².